The minimum Gasteiger partial charge on any atom is -0.491 e. The highest BCUT2D eigenvalue weighted by molar-refractivity contribution is 6.30. The molecule has 1 heterocycles. The first-order chi connectivity index (χ1) is 8.66. The van der Waals surface area contributed by atoms with E-state index in [1.165, 1.54) is 6.07 Å². The van der Waals surface area contributed by atoms with Crippen molar-refractivity contribution >= 4 is 11.6 Å². The van der Waals surface area contributed by atoms with Gasteiger partial charge in [0.1, 0.15) is 12.4 Å². The van der Waals surface area contributed by atoms with Gasteiger partial charge in [-0.25, -0.2) is 0 Å². The van der Waals surface area contributed by atoms with Gasteiger partial charge in [-0.3, -0.25) is 4.79 Å². The molecule has 0 saturated heterocycles. The molecule has 0 bridgehead atoms. The van der Waals surface area contributed by atoms with Gasteiger partial charge in [0.2, 0.25) is 0 Å². The molecule has 0 atom stereocenters. The normalized spacial score (nSPS) is 10.3. The smallest absolute Gasteiger partial charge is 0.250 e. The van der Waals surface area contributed by atoms with Crippen molar-refractivity contribution in [3.8, 4) is 5.75 Å². The summed E-state index contributed by atoms with van der Waals surface area (Å²) in [5.74, 6) is 0.756. The molecule has 0 aliphatic carbocycles. The third-order valence-corrected chi connectivity index (χ3v) is 2.87. The van der Waals surface area contributed by atoms with Gasteiger partial charge in [-0.15, -0.1) is 0 Å². The van der Waals surface area contributed by atoms with E-state index in [4.69, 9.17) is 16.3 Å². The summed E-state index contributed by atoms with van der Waals surface area (Å²) in [4.78, 5) is 11.5. The maximum atomic E-state index is 11.5. The number of rotatable bonds is 4. The molecule has 0 amide bonds. The third kappa shape index (κ3) is 3.14. The topological polar surface area (TPSA) is 31.2 Å². The van der Waals surface area contributed by atoms with Gasteiger partial charge in [0.05, 0.1) is 6.54 Å². The van der Waals surface area contributed by atoms with Gasteiger partial charge in [0, 0.05) is 17.3 Å². The number of aromatic nitrogens is 1. The average Bonchev–Trinajstić information content (AvgIpc) is 2.36. The lowest BCUT2D eigenvalue weighted by Crippen LogP contribution is -2.21. The molecule has 0 unspecified atom stereocenters. The monoisotopic (exact) mass is 263 g/mol. The summed E-state index contributed by atoms with van der Waals surface area (Å²) in [6.07, 6.45) is 1.75. The fraction of sp³-hybridized carbons (Fsp3) is 0.214. The van der Waals surface area contributed by atoms with E-state index in [-0.39, 0.29) is 5.56 Å². The standard InChI is InChI=1S/C14H14ClNO2/c1-11-5-6-12(15)10-13(11)18-9-8-16-7-3-2-4-14(16)17/h2-7,10H,8-9H2,1H3. The van der Waals surface area contributed by atoms with Gasteiger partial charge in [0.15, 0.2) is 0 Å². The van der Waals surface area contributed by atoms with Crippen molar-refractivity contribution in [2.24, 2.45) is 0 Å². The predicted octanol–water partition coefficient (Wildman–Crippen LogP) is 2.89. The Morgan fingerprint density at radius 2 is 2.11 bits per heavy atom. The number of nitrogens with zero attached hydrogens (tertiary/aromatic N) is 1. The minimum absolute atomic E-state index is 0.0242. The van der Waals surface area contributed by atoms with Crippen molar-refractivity contribution in [2.75, 3.05) is 6.61 Å². The van der Waals surface area contributed by atoms with Crippen LogP contribution in [0.1, 0.15) is 5.56 Å². The summed E-state index contributed by atoms with van der Waals surface area (Å²) >= 11 is 5.90. The number of halogens is 1. The molecule has 3 nitrogen and oxygen atoms in total. The lowest BCUT2D eigenvalue weighted by atomic mass is 10.2. The highest BCUT2D eigenvalue weighted by Crippen LogP contribution is 2.22. The van der Waals surface area contributed by atoms with E-state index < -0.39 is 0 Å². The second-order valence-electron chi connectivity index (χ2n) is 3.99. The molecule has 2 rings (SSSR count). The highest BCUT2D eigenvalue weighted by Gasteiger charge is 2.01. The van der Waals surface area contributed by atoms with Crippen LogP contribution < -0.4 is 10.3 Å². The van der Waals surface area contributed by atoms with Crippen LogP contribution in [0.2, 0.25) is 5.02 Å². The zero-order valence-electron chi connectivity index (χ0n) is 10.1. The van der Waals surface area contributed by atoms with Gasteiger partial charge >= 0.3 is 0 Å². The molecule has 0 N–H and O–H groups in total. The van der Waals surface area contributed by atoms with E-state index >= 15 is 0 Å². The zero-order chi connectivity index (χ0) is 13.0. The maximum Gasteiger partial charge on any atom is 0.250 e. The van der Waals surface area contributed by atoms with Crippen LogP contribution in [-0.4, -0.2) is 11.2 Å². The van der Waals surface area contributed by atoms with Gasteiger partial charge in [-0.2, -0.15) is 0 Å². The summed E-state index contributed by atoms with van der Waals surface area (Å²) in [6.45, 7) is 2.91. The average molecular weight is 264 g/mol. The Morgan fingerprint density at radius 3 is 2.89 bits per heavy atom. The summed E-state index contributed by atoms with van der Waals surface area (Å²) in [7, 11) is 0. The van der Waals surface area contributed by atoms with Gasteiger partial charge in [-0.1, -0.05) is 23.7 Å². The lowest BCUT2D eigenvalue weighted by Gasteiger charge is -2.10. The van der Waals surface area contributed by atoms with Crippen LogP contribution in [0.4, 0.5) is 0 Å². The lowest BCUT2D eigenvalue weighted by molar-refractivity contribution is 0.294. The Hall–Kier alpha value is -1.74. The van der Waals surface area contributed by atoms with Crippen molar-refractivity contribution in [1.29, 1.82) is 0 Å². The Balaban J connectivity index is 1.99. The summed E-state index contributed by atoms with van der Waals surface area (Å²) in [5.41, 5.74) is 1.00. The number of pyridine rings is 1. The van der Waals surface area contributed by atoms with Gasteiger partial charge in [0.25, 0.3) is 5.56 Å². The molecule has 18 heavy (non-hydrogen) atoms. The van der Waals surface area contributed by atoms with Crippen LogP contribution in [-0.2, 0) is 6.54 Å². The van der Waals surface area contributed by atoms with Crippen LogP contribution in [0.25, 0.3) is 0 Å². The quantitative estimate of drug-likeness (QED) is 0.849. The number of hydrogen-bond acceptors (Lipinski definition) is 2. The first kappa shape index (κ1) is 12.7. The van der Waals surface area contributed by atoms with Crippen LogP contribution in [0.3, 0.4) is 0 Å². The predicted molar refractivity (Wildman–Crippen MR) is 72.4 cm³/mol. The van der Waals surface area contributed by atoms with E-state index in [1.54, 1.807) is 22.9 Å². The summed E-state index contributed by atoms with van der Waals surface area (Å²) in [5, 5.41) is 0.646. The van der Waals surface area contributed by atoms with E-state index in [0.717, 1.165) is 11.3 Å². The molecule has 0 aliphatic heterocycles. The van der Waals surface area contributed by atoms with Crippen molar-refractivity contribution < 1.29 is 4.74 Å². The molecular weight excluding hydrogens is 250 g/mol. The molecular formula is C14H14ClNO2. The Kier molecular flexibility index (Phi) is 4.05. The van der Waals surface area contributed by atoms with Crippen LogP contribution in [0.15, 0.2) is 47.4 Å². The Bertz CT molecular complexity index is 592. The van der Waals surface area contributed by atoms with Gasteiger partial charge < -0.3 is 9.30 Å². The zero-order valence-corrected chi connectivity index (χ0v) is 10.9. The number of benzene rings is 1. The highest BCUT2D eigenvalue weighted by atomic mass is 35.5. The van der Waals surface area contributed by atoms with E-state index in [2.05, 4.69) is 0 Å². The Labute approximate surface area is 111 Å². The summed E-state index contributed by atoms with van der Waals surface area (Å²) < 4.78 is 7.24. The fourth-order valence-electron chi connectivity index (χ4n) is 1.63. The third-order valence-electron chi connectivity index (χ3n) is 2.64. The van der Waals surface area contributed by atoms with E-state index in [1.807, 2.05) is 25.1 Å². The molecule has 1 aromatic carbocycles. The second-order valence-corrected chi connectivity index (χ2v) is 4.43. The maximum absolute atomic E-state index is 11.5. The van der Waals surface area contributed by atoms with Crippen LogP contribution in [0, 0.1) is 6.92 Å². The molecule has 0 aliphatic rings. The second kappa shape index (κ2) is 5.74. The molecule has 2 aromatic rings. The molecule has 94 valence electrons. The summed E-state index contributed by atoms with van der Waals surface area (Å²) in [6, 6.07) is 10.6. The molecule has 0 radical (unpaired) electrons. The first-order valence-electron chi connectivity index (χ1n) is 5.71. The largest absolute Gasteiger partial charge is 0.491 e. The molecule has 0 saturated carbocycles. The van der Waals surface area contributed by atoms with Gasteiger partial charge in [-0.05, 0) is 30.7 Å². The number of ether oxygens (including phenoxy) is 1. The molecule has 1 aromatic heterocycles. The SMILES string of the molecule is Cc1ccc(Cl)cc1OCCn1ccccc1=O. The van der Waals surface area contributed by atoms with Crippen molar-refractivity contribution in [3.05, 3.63) is 63.5 Å². The van der Waals surface area contributed by atoms with Crippen LogP contribution in [0.5, 0.6) is 5.75 Å². The molecule has 0 fully saturated rings. The van der Waals surface area contributed by atoms with E-state index in [9.17, 15) is 4.79 Å². The van der Waals surface area contributed by atoms with Crippen molar-refractivity contribution in [3.63, 3.8) is 0 Å². The minimum atomic E-state index is -0.0242. The number of hydrogen-bond donors (Lipinski definition) is 0. The fourth-order valence-corrected chi connectivity index (χ4v) is 1.79. The van der Waals surface area contributed by atoms with E-state index in [0.29, 0.717) is 18.2 Å². The molecule has 4 heteroatoms. The first-order valence-corrected chi connectivity index (χ1v) is 6.09. The van der Waals surface area contributed by atoms with Crippen molar-refractivity contribution in [2.45, 2.75) is 13.5 Å². The Morgan fingerprint density at radius 1 is 1.28 bits per heavy atom. The van der Waals surface area contributed by atoms with Crippen molar-refractivity contribution in [1.82, 2.24) is 4.57 Å². The molecule has 0 spiro atoms. The van der Waals surface area contributed by atoms with Crippen LogP contribution >= 0.6 is 11.6 Å². The number of aryl methyl sites for hydroxylation is 1.